The fraction of sp³-hybridized carbons (Fsp3) is 0.412. The van der Waals surface area contributed by atoms with Crippen molar-refractivity contribution in [2.24, 2.45) is 0 Å². The fourth-order valence-electron chi connectivity index (χ4n) is 2.75. The van der Waals surface area contributed by atoms with Gasteiger partial charge in [-0.15, -0.1) is 0 Å². The molecule has 1 saturated heterocycles. The van der Waals surface area contributed by atoms with Gasteiger partial charge in [-0.1, -0.05) is 18.2 Å². The van der Waals surface area contributed by atoms with Gasteiger partial charge in [-0.3, -0.25) is 4.90 Å². The normalized spacial score (nSPS) is 22.0. The average molecular weight is 316 g/mol. The molecule has 0 bridgehead atoms. The van der Waals surface area contributed by atoms with Gasteiger partial charge in [0.05, 0.1) is 18.9 Å². The van der Waals surface area contributed by atoms with Crippen molar-refractivity contribution in [3.8, 4) is 11.5 Å². The summed E-state index contributed by atoms with van der Waals surface area (Å²) in [5.41, 5.74) is 1.78. The third-order valence-electron chi connectivity index (χ3n) is 3.76. The number of carbonyl (C=O) groups is 1. The second kappa shape index (κ2) is 6.93. The van der Waals surface area contributed by atoms with Gasteiger partial charge in [0, 0.05) is 25.2 Å². The van der Waals surface area contributed by atoms with E-state index in [-0.39, 0.29) is 12.1 Å². The Hall–Kier alpha value is -2.18. The van der Waals surface area contributed by atoms with Crippen LogP contribution in [0.1, 0.15) is 12.6 Å². The molecule has 1 aliphatic heterocycles. The molecule has 6 heteroatoms. The smallest absolute Gasteiger partial charge is 0.336 e. The average Bonchev–Trinajstić information content (AvgIpc) is 3.03. The summed E-state index contributed by atoms with van der Waals surface area (Å²) in [6, 6.07) is 9.77. The summed E-state index contributed by atoms with van der Waals surface area (Å²) < 4.78 is 15.9. The Morgan fingerprint density at radius 2 is 2.13 bits per heavy atom. The zero-order valence-corrected chi connectivity index (χ0v) is 13.3. The maximum Gasteiger partial charge on any atom is 0.336 e. The van der Waals surface area contributed by atoms with Crippen LogP contribution < -0.4 is 0 Å². The van der Waals surface area contributed by atoms with Crippen LogP contribution in [0.5, 0.6) is 0 Å². The van der Waals surface area contributed by atoms with Crippen LogP contribution in [0.25, 0.3) is 11.5 Å². The molecule has 122 valence electrons. The van der Waals surface area contributed by atoms with E-state index in [2.05, 4.69) is 9.88 Å². The summed E-state index contributed by atoms with van der Waals surface area (Å²) in [5, 5.41) is 0. The maximum atomic E-state index is 11.7. The van der Waals surface area contributed by atoms with E-state index in [1.54, 1.807) is 6.26 Å². The number of carbonyl (C=O) groups excluding carboxylic acids is 1. The van der Waals surface area contributed by atoms with Crippen molar-refractivity contribution in [3.05, 3.63) is 42.3 Å². The third-order valence-corrected chi connectivity index (χ3v) is 3.76. The van der Waals surface area contributed by atoms with E-state index >= 15 is 0 Å². The number of hydrogen-bond donors (Lipinski definition) is 0. The summed E-state index contributed by atoms with van der Waals surface area (Å²) in [6.07, 6.45) is 1.08. The molecule has 2 heterocycles. The van der Waals surface area contributed by atoms with Crippen molar-refractivity contribution in [2.75, 3.05) is 20.2 Å². The lowest BCUT2D eigenvalue weighted by atomic mass is 10.2. The van der Waals surface area contributed by atoms with Gasteiger partial charge >= 0.3 is 5.97 Å². The molecule has 0 amide bonds. The van der Waals surface area contributed by atoms with Gasteiger partial charge in [0.1, 0.15) is 6.26 Å². The van der Waals surface area contributed by atoms with E-state index in [0.29, 0.717) is 19.0 Å². The predicted octanol–water partition coefficient (Wildman–Crippen LogP) is 2.10. The molecule has 0 aliphatic carbocycles. The molecule has 1 aliphatic rings. The van der Waals surface area contributed by atoms with Crippen LogP contribution in [0.4, 0.5) is 0 Å². The maximum absolute atomic E-state index is 11.7. The van der Waals surface area contributed by atoms with E-state index in [0.717, 1.165) is 17.8 Å². The van der Waals surface area contributed by atoms with Crippen molar-refractivity contribution >= 4 is 5.97 Å². The minimum Gasteiger partial charge on any atom is -0.467 e. The predicted molar refractivity (Wildman–Crippen MR) is 83.6 cm³/mol. The number of oxazole rings is 1. The number of nitrogens with zero attached hydrogens (tertiary/aromatic N) is 2. The molecule has 1 fully saturated rings. The number of rotatable bonds is 4. The highest BCUT2D eigenvalue weighted by Crippen LogP contribution is 2.20. The van der Waals surface area contributed by atoms with E-state index < -0.39 is 6.10 Å². The molecule has 0 spiro atoms. The zero-order chi connectivity index (χ0) is 16.2. The van der Waals surface area contributed by atoms with Crippen molar-refractivity contribution in [1.29, 1.82) is 0 Å². The topological polar surface area (TPSA) is 64.8 Å². The molecule has 0 N–H and O–H groups in total. The lowest BCUT2D eigenvalue weighted by Gasteiger charge is -2.34. The summed E-state index contributed by atoms with van der Waals surface area (Å²) in [4.78, 5) is 18.3. The molecule has 1 aromatic heterocycles. The van der Waals surface area contributed by atoms with Crippen LogP contribution in [-0.2, 0) is 20.8 Å². The first kappa shape index (κ1) is 15.7. The van der Waals surface area contributed by atoms with Crippen LogP contribution in [0, 0.1) is 0 Å². The summed E-state index contributed by atoms with van der Waals surface area (Å²) in [7, 11) is 1.37. The monoisotopic (exact) mass is 316 g/mol. The fourth-order valence-corrected chi connectivity index (χ4v) is 2.75. The highest BCUT2D eigenvalue weighted by molar-refractivity contribution is 5.75. The Morgan fingerprint density at radius 3 is 2.87 bits per heavy atom. The van der Waals surface area contributed by atoms with Crippen molar-refractivity contribution in [1.82, 2.24) is 9.88 Å². The van der Waals surface area contributed by atoms with Gasteiger partial charge in [-0.05, 0) is 19.1 Å². The van der Waals surface area contributed by atoms with Crippen LogP contribution in [-0.4, -0.2) is 48.3 Å². The highest BCUT2D eigenvalue weighted by Gasteiger charge is 2.31. The number of hydrogen-bond acceptors (Lipinski definition) is 6. The molecule has 1 unspecified atom stereocenters. The van der Waals surface area contributed by atoms with Crippen LogP contribution in [0.15, 0.2) is 41.0 Å². The number of methoxy groups -OCH3 is 1. The second-order valence-corrected chi connectivity index (χ2v) is 5.66. The summed E-state index contributed by atoms with van der Waals surface area (Å²) in [6.45, 7) is 3.78. The lowest BCUT2D eigenvalue weighted by Crippen LogP contribution is -2.49. The first-order valence-corrected chi connectivity index (χ1v) is 7.61. The Labute approximate surface area is 135 Å². The van der Waals surface area contributed by atoms with Crippen LogP contribution in [0.2, 0.25) is 0 Å². The first-order valence-electron chi connectivity index (χ1n) is 7.61. The lowest BCUT2D eigenvalue weighted by molar-refractivity contribution is -0.166. The molecule has 0 saturated carbocycles. The van der Waals surface area contributed by atoms with E-state index in [4.69, 9.17) is 13.9 Å². The van der Waals surface area contributed by atoms with E-state index in [1.807, 2.05) is 37.3 Å². The number of ether oxygens (including phenoxy) is 2. The van der Waals surface area contributed by atoms with Gasteiger partial charge in [0.25, 0.3) is 0 Å². The van der Waals surface area contributed by atoms with Crippen LogP contribution >= 0.6 is 0 Å². The second-order valence-electron chi connectivity index (χ2n) is 5.66. The molecule has 6 nitrogen and oxygen atoms in total. The van der Waals surface area contributed by atoms with Gasteiger partial charge in [0.15, 0.2) is 6.10 Å². The van der Waals surface area contributed by atoms with E-state index in [1.165, 1.54) is 7.11 Å². The van der Waals surface area contributed by atoms with Crippen molar-refractivity contribution < 1.29 is 18.7 Å². The standard InChI is InChI=1S/C17H20N2O4/c1-12-8-19(10-15(23-12)17(20)21-2)9-14-11-22-16(18-14)13-6-4-3-5-7-13/h3-7,11-12,15H,8-10H2,1-2H3/t12-,15?/m1/s1. The molecule has 1 aromatic carbocycles. The largest absolute Gasteiger partial charge is 0.467 e. The molecular formula is C17H20N2O4. The number of benzene rings is 1. The molecule has 23 heavy (non-hydrogen) atoms. The quantitative estimate of drug-likeness (QED) is 0.805. The highest BCUT2D eigenvalue weighted by atomic mass is 16.6. The Balaban J connectivity index is 1.67. The molecule has 2 aromatic rings. The number of aromatic nitrogens is 1. The minimum atomic E-state index is -0.552. The van der Waals surface area contributed by atoms with E-state index in [9.17, 15) is 4.79 Å². The molecule has 3 rings (SSSR count). The van der Waals surface area contributed by atoms with Crippen molar-refractivity contribution in [3.63, 3.8) is 0 Å². The Bertz CT molecular complexity index is 656. The molecule has 0 radical (unpaired) electrons. The Morgan fingerprint density at radius 1 is 1.35 bits per heavy atom. The third kappa shape index (κ3) is 3.78. The van der Waals surface area contributed by atoms with Gasteiger partial charge in [0.2, 0.25) is 5.89 Å². The van der Waals surface area contributed by atoms with Gasteiger partial charge in [-0.25, -0.2) is 9.78 Å². The van der Waals surface area contributed by atoms with Gasteiger partial charge in [-0.2, -0.15) is 0 Å². The van der Waals surface area contributed by atoms with Crippen molar-refractivity contribution in [2.45, 2.75) is 25.7 Å². The summed E-state index contributed by atoms with van der Waals surface area (Å²) >= 11 is 0. The minimum absolute atomic E-state index is 0.0339. The SMILES string of the molecule is COC(=O)C1CN(Cc2coc(-c3ccccc3)n2)C[C@@H](C)O1. The summed E-state index contributed by atoms with van der Waals surface area (Å²) in [5.74, 6) is 0.262. The van der Waals surface area contributed by atoms with Crippen LogP contribution in [0.3, 0.4) is 0 Å². The van der Waals surface area contributed by atoms with Gasteiger partial charge < -0.3 is 13.9 Å². The number of morpholine rings is 1. The molecular weight excluding hydrogens is 296 g/mol. The number of esters is 1. The Kier molecular flexibility index (Phi) is 4.73. The molecule has 2 atom stereocenters. The first-order chi connectivity index (χ1) is 11.2. The zero-order valence-electron chi connectivity index (χ0n) is 13.3.